The molecule has 2 aromatic rings. The Labute approximate surface area is 188 Å². The number of nitrogens with one attached hydrogen (secondary N) is 2. The second kappa shape index (κ2) is 9.22. The summed E-state index contributed by atoms with van der Waals surface area (Å²) in [5.41, 5.74) is 10.1. The lowest BCUT2D eigenvalue weighted by atomic mass is 9.91. The monoisotopic (exact) mass is 434 g/mol. The van der Waals surface area contributed by atoms with E-state index in [4.69, 9.17) is 5.73 Å². The number of rotatable bonds is 7. The molecule has 3 atom stereocenters. The Morgan fingerprint density at radius 1 is 1.09 bits per heavy atom. The lowest BCUT2D eigenvalue weighted by Crippen LogP contribution is -2.52. The molecule has 0 radical (unpaired) electrons. The second-order valence-electron chi connectivity index (χ2n) is 8.94. The minimum atomic E-state index is -0.611. The lowest BCUT2D eigenvalue weighted by Gasteiger charge is -2.29. The minimum Gasteiger partial charge on any atom is -0.326 e. The van der Waals surface area contributed by atoms with Gasteiger partial charge in [0.15, 0.2) is 0 Å². The summed E-state index contributed by atoms with van der Waals surface area (Å²) in [6, 6.07) is 15.1. The number of nitrogens with zero attached hydrogens (tertiary/aromatic N) is 1. The van der Waals surface area contributed by atoms with Crippen LogP contribution in [0.2, 0.25) is 0 Å². The zero-order chi connectivity index (χ0) is 22.8. The Bertz CT molecular complexity index is 1020. The number of nitrogens with two attached hydrogens (primary N) is 1. The molecule has 2 heterocycles. The maximum atomic E-state index is 13.3. The summed E-state index contributed by atoms with van der Waals surface area (Å²) in [6.45, 7) is 5.06. The van der Waals surface area contributed by atoms with Crippen LogP contribution in [0.3, 0.4) is 0 Å². The fraction of sp³-hybridized carbons (Fsp3) is 0.400. The number of piperidine rings is 1. The highest BCUT2D eigenvalue weighted by atomic mass is 16.2. The van der Waals surface area contributed by atoms with E-state index in [9.17, 15) is 14.4 Å². The highest BCUT2D eigenvalue weighted by Crippen LogP contribution is 2.30. The van der Waals surface area contributed by atoms with Crippen LogP contribution < -0.4 is 16.4 Å². The van der Waals surface area contributed by atoms with Crippen molar-refractivity contribution in [3.63, 3.8) is 0 Å². The maximum absolute atomic E-state index is 13.3. The van der Waals surface area contributed by atoms with E-state index < -0.39 is 11.9 Å². The van der Waals surface area contributed by atoms with Crippen molar-refractivity contribution in [3.05, 3.63) is 70.8 Å². The molecule has 0 aliphatic carbocycles. The van der Waals surface area contributed by atoms with Gasteiger partial charge in [-0.1, -0.05) is 62.4 Å². The first-order valence-corrected chi connectivity index (χ1v) is 11.2. The van der Waals surface area contributed by atoms with Gasteiger partial charge >= 0.3 is 0 Å². The summed E-state index contributed by atoms with van der Waals surface area (Å²) in [5, 5.41) is 5.92. The molecular weight excluding hydrogens is 404 g/mol. The number of hydrogen-bond donors (Lipinski definition) is 3. The first-order chi connectivity index (χ1) is 15.4. The van der Waals surface area contributed by atoms with Crippen molar-refractivity contribution >= 4 is 17.7 Å². The van der Waals surface area contributed by atoms with Crippen molar-refractivity contribution in [1.82, 2.24) is 15.5 Å². The molecule has 2 aromatic carbocycles. The molecule has 0 bridgehead atoms. The van der Waals surface area contributed by atoms with Gasteiger partial charge in [-0.2, -0.15) is 0 Å². The molecule has 32 heavy (non-hydrogen) atoms. The zero-order valence-electron chi connectivity index (χ0n) is 18.5. The predicted octanol–water partition coefficient (Wildman–Crippen LogP) is 2.26. The van der Waals surface area contributed by atoms with Crippen molar-refractivity contribution in [2.45, 2.75) is 57.9 Å². The Morgan fingerprint density at radius 2 is 1.84 bits per heavy atom. The van der Waals surface area contributed by atoms with Gasteiger partial charge in [0.05, 0.1) is 0 Å². The molecule has 7 heteroatoms. The van der Waals surface area contributed by atoms with E-state index in [0.29, 0.717) is 25.1 Å². The van der Waals surface area contributed by atoms with E-state index in [-0.39, 0.29) is 36.2 Å². The van der Waals surface area contributed by atoms with Gasteiger partial charge in [-0.25, -0.2) is 0 Å². The number of benzene rings is 2. The van der Waals surface area contributed by atoms with E-state index in [1.54, 1.807) is 4.90 Å². The molecule has 1 fully saturated rings. The van der Waals surface area contributed by atoms with Gasteiger partial charge < -0.3 is 16.0 Å². The zero-order valence-corrected chi connectivity index (χ0v) is 18.5. The van der Waals surface area contributed by atoms with Gasteiger partial charge in [0.2, 0.25) is 11.8 Å². The highest BCUT2D eigenvalue weighted by Gasteiger charge is 2.40. The third kappa shape index (κ3) is 4.31. The number of hydrogen-bond acceptors (Lipinski definition) is 5. The van der Waals surface area contributed by atoms with Crippen molar-refractivity contribution in [2.75, 3.05) is 0 Å². The normalized spacial score (nSPS) is 20.3. The summed E-state index contributed by atoms with van der Waals surface area (Å²) >= 11 is 0. The number of carbonyl (C=O) groups excluding carboxylic acids is 3. The van der Waals surface area contributed by atoms with Crippen LogP contribution in [0, 0.1) is 5.92 Å². The van der Waals surface area contributed by atoms with Crippen LogP contribution in [-0.2, 0) is 22.7 Å². The van der Waals surface area contributed by atoms with E-state index in [0.717, 1.165) is 16.7 Å². The molecule has 3 unspecified atom stereocenters. The number of carbonyl (C=O) groups is 3. The molecule has 7 nitrogen and oxygen atoms in total. The average Bonchev–Trinajstić information content (AvgIpc) is 3.11. The molecule has 168 valence electrons. The molecule has 0 saturated carbocycles. The van der Waals surface area contributed by atoms with Crippen LogP contribution in [0.5, 0.6) is 0 Å². The second-order valence-corrected chi connectivity index (χ2v) is 8.94. The summed E-state index contributed by atoms with van der Waals surface area (Å²) in [7, 11) is 0. The van der Waals surface area contributed by atoms with Crippen molar-refractivity contribution in [3.8, 4) is 0 Å². The van der Waals surface area contributed by atoms with Crippen LogP contribution in [0.4, 0.5) is 0 Å². The third-order valence-electron chi connectivity index (χ3n) is 6.46. The van der Waals surface area contributed by atoms with Crippen LogP contribution in [-0.4, -0.2) is 34.7 Å². The Balaban J connectivity index is 1.55. The van der Waals surface area contributed by atoms with E-state index in [1.807, 2.05) is 36.4 Å². The molecule has 2 aliphatic heterocycles. The van der Waals surface area contributed by atoms with Crippen LogP contribution in [0.25, 0.3) is 0 Å². The number of amides is 3. The van der Waals surface area contributed by atoms with Crippen LogP contribution >= 0.6 is 0 Å². The standard InChI is InChI=1S/C25H30N4O3/c1-15(2)22(26)23(16-7-4-3-5-8-16)27-13-17-9-6-10-18-14-29(25(32)21(17)18)19-11-12-20(30)28-24(19)31/h3-10,15,19,22-23,27H,11-14,26H2,1-2H3,(H,28,30,31). The summed E-state index contributed by atoms with van der Waals surface area (Å²) in [4.78, 5) is 38.7. The van der Waals surface area contributed by atoms with E-state index >= 15 is 0 Å². The third-order valence-corrected chi connectivity index (χ3v) is 6.46. The summed E-state index contributed by atoms with van der Waals surface area (Å²) < 4.78 is 0. The first-order valence-electron chi connectivity index (χ1n) is 11.2. The maximum Gasteiger partial charge on any atom is 0.255 e. The molecule has 1 saturated heterocycles. The lowest BCUT2D eigenvalue weighted by molar-refractivity contribution is -0.136. The van der Waals surface area contributed by atoms with Gasteiger partial charge in [0, 0.05) is 37.2 Å². The predicted molar refractivity (Wildman–Crippen MR) is 121 cm³/mol. The van der Waals surface area contributed by atoms with Gasteiger partial charge in [0.25, 0.3) is 5.91 Å². The van der Waals surface area contributed by atoms with Gasteiger partial charge in [-0.15, -0.1) is 0 Å². The quantitative estimate of drug-likeness (QED) is 0.580. The molecule has 4 rings (SSSR count). The summed E-state index contributed by atoms with van der Waals surface area (Å²) in [5.74, 6) is -0.557. The van der Waals surface area contributed by atoms with Gasteiger partial charge in [-0.05, 0) is 29.0 Å². The van der Waals surface area contributed by atoms with Crippen molar-refractivity contribution in [2.24, 2.45) is 11.7 Å². The molecule has 0 spiro atoms. The first kappa shape index (κ1) is 22.2. The fourth-order valence-electron chi connectivity index (χ4n) is 4.58. The average molecular weight is 435 g/mol. The Morgan fingerprint density at radius 3 is 2.53 bits per heavy atom. The molecular formula is C25H30N4O3. The molecule has 4 N–H and O–H groups in total. The molecule has 3 amide bonds. The smallest absolute Gasteiger partial charge is 0.255 e. The van der Waals surface area contributed by atoms with Crippen LogP contribution in [0.1, 0.15) is 59.8 Å². The minimum absolute atomic E-state index is 0.0604. The number of imide groups is 1. The SMILES string of the molecule is CC(C)C(N)C(NCc1cccc2c1C(=O)N(C1CCC(=O)NC1=O)C2)c1ccccc1. The van der Waals surface area contributed by atoms with Crippen molar-refractivity contribution in [1.29, 1.82) is 0 Å². The van der Waals surface area contributed by atoms with Gasteiger partial charge in [0.1, 0.15) is 6.04 Å². The van der Waals surface area contributed by atoms with Crippen molar-refractivity contribution < 1.29 is 14.4 Å². The molecule has 2 aliphatic rings. The fourth-order valence-corrected chi connectivity index (χ4v) is 4.58. The number of fused-ring (bicyclic) bond motifs is 1. The van der Waals surface area contributed by atoms with Gasteiger partial charge in [-0.3, -0.25) is 19.7 Å². The topological polar surface area (TPSA) is 105 Å². The Kier molecular flexibility index (Phi) is 6.39. The van der Waals surface area contributed by atoms with E-state index in [2.05, 4.69) is 36.6 Å². The highest BCUT2D eigenvalue weighted by molar-refractivity contribution is 6.06. The molecule has 0 aromatic heterocycles. The largest absolute Gasteiger partial charge is 0.326 e. The summed E-state index contributed by atoms with van der Waals surface area (Å²) in [6.07, 6.45) is 0.605. The van der Waals surface area contributed by atoms with Crippen LogP contribution in [0.15, 0.2) is 48.5 Å². The van der Waals surface area contributed by atoms with E-state index in [1.165, 1.54) is 0 Å². The Hall–Kier alpha value is -3.03.